The van der Waals surface area contributed by atoms with Crippen LogP contribution in [0.1, 0.15) is 22.4 Å². The summed E-state index contributed by atoms with van der Waals surface area (Å²) in [7, 11) is 0. The molecule has 0 bridgehead atoms. The third kappa shape index (κ3) is 4.40. The number of carbonyl (C=O) groups is 1. The number of anilines is 2. The van der Waals surface area contributed by atoms with Crippen LogP contribution in [0.3, 0.4) is 0 Å². The van der Waals surface area contributed by atoms with E-state index in [2.05, 4.69) is 30.8 Å². The average molecular weight is 489 g/mol. The molecule has 1 amide bonds. The van der Waals surface area contributed by atoms with Gasteiger partial charge in [-0.25, -0.2) is 19.2 Å². The number of carbonyl (C=O) groups excluding carboxylic acids is 1. The van der Waals surface area contributed by atoms with Crippen LogP contribution >= 0.6 is 11.3 Å². The number of aryl methyl sites for hydroxylation is 1. The number of halogens is 1. The Balaban J connectivity index is 1.16. The van der Waals surface area contributed by atoms with Gasteiger partial charge in [0.25, 0.3) is 0 Å². The van der Waals surface area contributed by atoms with Gasteiger partial charge in [0, 0.05) is 28.9 Å². The molecule has 0 radical (unpaired) electrons. The molecule has 0 aliphatic heterocycles. The number of hydrogen-bond acceptors (Lipinski definition) is 7. The van der Waals surface area contributed by atoms with Crippen molar-refractivity contribution in [1.82, 2.24) is 25.5 Å². The predicted octanol–water partition coefficient (Wildman–Crippen LogP) is 5.23. The van der Waals surface area contributed by atoms with Crippen LogP contribution in [0.4, 0.5) is 20.7 Å². The number of aromatic amines is 1. The van der Waals surface area contributed by atoms with Gasteiger partial charge in [0.15, 0.2) is 0 Å². The molecule has 176 valence electrons. The second-order valence-electron chi connectivity index (χ2n) is 8.46. The zero-order valence-electron chi connectivity index (χ0n) is 18.5. The molecular weight excluding hydrogens is 467 g/mol. The molecule has 8 nitrogen and oxygen atoms in total. The predicted molar refractivity (Wildman–Crippen MR) is 132 cm³/mol. The molecule has 5 aromatic rings. The maximum atomic E-state index is 13.3. The number of aromatic nitrogens is 4. The number of nitrogens with zero attached hydrogens (tertiary/aromatic N) is 3. The van der Waals surface area contributed by atoms with Crippen LogP contribution in [0.25, 0.3) is 21.1 Å². The van der Waals surface area contributed by atoms with Gasteiger partial charge in [-0.1, -0.05) is 12.1 Å². The minimum Gasteiger partial charge on any atom is -0.446 e. The van der Waals surface area contributed by atoms with Crippen LogP contribution in [-0.2, 0) is 24.1 Å². The molecule has 2 aromatic carbocycles. The number of hydrogen-bond donors (Lipinski definition) is 3. The summed E-state index contributed by atoms with van der Waals surface area (Å²) in [5.74, 6) is 0.434. The standard InChI is InChI=1S/C25H21FN6O2S/c26-16-3-1-2-14(8-16)11-27-25(33)34-18-5-6-19-21(10-18)35-24-22(19)23(28-13-29-24)31-17-4-7-20-15(9-17)12-30-32-20/h1-4,7-9,12-13,18H,5-6,10-11H2,(H,27,33)(H,30,32)(H,28,29,31). The van der Waals surface area contributed by atoms with Crippen LogP contribution in [0.2, 0.25) is 0 Å². The Hall–Kier alpha value is -4.05. The van der Waals surface area contributed by atoms with Crippen LogP contribution < -0.4 is 10.6 Å². The van der Waals surface area contributed by atoms with Gasteiger partial charge in [-0.05, 0) is 54.3 Å². The number of ether oxygens (including phenoxy) is 1. The summed E-state index contributed by atoms with van der Waals surface area (Å²) in [5, 5.41) is 15.2. The molecule has 0 spiro atoms. The topological polar surface area (TPSA) is 105 Å². The number of H-pyrrole nitrogens is 1. The van der Waals surface area contributed by atoms with Crippen molar-refractivity contribution in [2.24, 2.45) is 0 Å². The van der Waals surface area contributed by atoms with Crippen LogP contribution in [-0.4, -0.2) is 32.4 Å². The summed E-state index contributed by atoms with van der Waals surface area (Å²) in [4.78, 5) is 23.4. The van der Waals surface area contributed by atoms with E-state index in [0.717, 1.165) is 43.9 Å². The van der Waals surface area contributed by atoms with E-state index in [-0.39, 0.29) is 18.5 Å². The van der Waals surface area contributed by atoms with Gasteiger partial charge in [0.2, 0.25) is 0 Å². The lowest BCUT2D eigenvalue weighted by Crippen LogP contribution is -2.31. The third-order valence-corrected chi connectivity index (χ3v) is 7.26. The summed E-state index contributed by atoms with van der Waals surface area (Å²) in [6.45, 7) is 0.215. The monoisotopic (exact) mass is 488 g/mol. The number of fused-ring (bicyclic) bond motifs is 4. The molecule has 0 saturated heterocycles. The Morgan fingerprint density at radius 1 is 1.23 bits per heavy atom. The second-order valence-corrected chi connectivity index (χ2v) is 9.54. The van der Waals surface area contributed by atoms with Crippen LogP contribution in [0.5, 0.6) is 0 Å². The minimum atomic E-state index is -0.499. The van der Waals surface area contributed by atoms with Crippen molar-refractivity contribution in [3.8, 4) is 0 Å². The largest absolute Gasteiger partial charge is 0.446 e. The van der Waals surface area contributed by atoms with Gasteiger partial charge in [0.1, 0.15) is 28.9 Å². The van der Waals surface area contributed by atoms with Gasteiger partial charge in [0.05, 0.1) is 17.1 Å². The Bertz CT molecular complexity index is 1550. The SMILES string of the molecule is O=C(NCc1cccc(F)c1)OC1CCc2c(sc3ncnc(Nc4ccc5[nH]ncc5c4)c23)C1. The zero-order valence-corrected chi connectivity index (χ0v) is 19.4. The highest BCUT2D eigenvalue weighted by atomic mass is 32.1. The lowest BCUT2D eigenvalue weighted by Gasteiger charge is -2.23. The molecule has 1 aliphatic carbocycles. The number of nitrogens with one attached hydrogen (secondary N) is 3. The highest BCUT2D eigenvalue weighted by Crippen LogP contribution is 2.39. The Morgan fingerprint density at radius 3 is 3.09 bits per heavy atom. The maximum absolute atomic E-state index is 13.3. The molecule has 0 fully saturated rings. The molecule has 3 heterocycles. The summed E-state index contributed by atoms with van der Waals surface area (Å²) < 4.78 is 19.0. The third-order valence-electron chi connectivity index (χ3n) is 6.10. The van der Waals surface area contributed by atoms with Gasteiger partial charge in [-0.3, -0.25) is 5.10 Å². The maximum Gasteiger partial charge on any atom is 0.407 e. The average Bonchev–Trinajstić information content (AvgIpc) is 3.47. The quantitative estimate of drug-likeness (QED) is 0.313. The molecule has 3 N–H and O–H groups in total. The van der Waals surface area contributed by atoms with E-state index in [4.69, 9.17) is 4.74 Å². The van der Waals surface area contributed by atoms with E-state index >= 15 is 0 Å². The van der Waals surface area contributed by atoms with Crippen molar-refractivity contribution in [2.45, 2.75) is 31.9 Å². The Morgan fingerprint density at radius 2 is 2.17 bits per heavy atom. The summed E-state index contributed by atoms with van der Waals surface area (Å²) in [5.41, 5.74) is 3.79. The Labute approximate surface area is 203 Å². The fourth-order valence-corrected chi connectivity index (χ4v) is 5.70. The number of benzene rings is 2. The highest BCUT2D eigenvalue weighted by Gasteiger charge is 2.27. The van der Waals surface area contributed by atoms with E-state index < -0.39 is 6.09 Å². The van der Waals surface area contributed by atoms with E-state index in [1.165, 1.54) is 17.7 Å². The lowest BCUT2D eigenvalue weighted by atomic mass is 9.94. The number of amides is 1. The minimum absolute atomic E-state index is 0.215. The van der Waals surface area contributed by atoms with E-state index in [9.17, 15) is 9.18 Å². The molecule has 1 atom stereocenters. The summed E-state index contributed by atoms with van der Waals surface area (Å²) in [6.07, 6.45) is 4.73. The van der Waals surface area contributed by atoms with Gasteiger partial charge in [-0.2, -0.15) is 5.10 Å². The molecule has 35 heavy (non-hydrogen) atoms. The van der Waals surface area contributed by atoms with Crippen LogP contribution in [0.15, 0.2) is 55.0 Å². The first kappa shape index (κ1) is 21.5. The Kier molecular flexibility index (Phi) is 5.49. The highest BCUT2D eigenvalue weighted by molar-refractivity contribution is 7.19. The first-order valence-electron chi connectivity index (χ1n) is 11.3. The van der Waals surface area contributed by atoms with E-state index in [0.29, 0.717) is 18.4 Å². The fraction of sp³-hybridized carbons (Fsp3) is 0.200. The molecule has 1 aliphatic rings. The molecular formula is C25H21FN6O2S. The molecule has 1 unspecified atom stereocenters. The normalized spacial score (nSPS) is 15.2. The fourth-order valence-electron chi connectivity index (χ4n) is 4.45. The van der Waals surface area contributed by atoms with Crippen molar-refractivity contribution in [1.29, 1.82) is 0 Å². The number of alkyl carbamates (subject to hydrolysis) is 1. The van der Waals surface area contributed by atoms with Crippen molar-refractivity contribution in [2.75, 3.05) is 5.32 Å². The zero-order chi connectivity index (χ0) is 23.8. The smallest absolute Gasteiger partial charge is 0.407 e. The van der Waals surface area contributed by atoms with Crippen molar-refractivity contribution in [3.63, 3.8) is 0 Å². The summed E-state index contributed by atoms with van der Waals surface area (Å²) >= 11 is 1.61. The number of thiophene rings is 1. The second kappa shape index (κ2) is 8.95. The van der Waals surface area contributed by atoms with Gasteiger partial charge < -0.3 is 15.4 Å². The summed E-state index contributed by atoms with van der Waals surface area (Å²) in [6, 6.07) is 12.1. The molecule has 10 heteroatoms. The van der Waals surface area contributed by atoms with E-state index in [1.807, 2.05) is 18.2 Å². The number of rotatable bonds is 5. The van der Waals surface area contributed by atoms with Gasteiger partial charge in [-0.15, -0.1) is 11.3 Å². The van der Waals surface area contributed by atoms with Gasteiger partial charge >= 0.3 is 6.09 Å². The molecule has 3 aromatic heterocycles. The lowest BCUT2D eigenvalue weighted by molar-refractivity contribution is 0.0899. The van der Waals surface area contributed by atoms with E-state index in [1.54, 1.807) is 36.0 Å². The van der Waals surface area contributed by atoms with Crippen molar-refractivity contribution in [3.05, 3.63) is 76.8 Å². The first-order valence-corrected chi connectivity index (χ1v) is 12.1. The molecule has 0 saturated carbocycles. The molecule has 6 rings (SSSR count). The first-order chi connectivity index (χ1) is 17.1. The van der Waals surface area contributed by atoms with Crippen LogP contribution in [0, 0.1) is 5.82 Å². The van der Waals surface area contributed by atoms with Crippen molar-refractivity contribution >= 4 is 50.1 Å². The van der Waals surface area contributed by atoms with Crippen molar-refractivity contribution < 1.29 is 13.9 Å².